The highest BCUT2D eigenvalue weighted by Crippen LogP contribution is 2.39. The average molecular weight is 430 g/mol. The number of piperazine rings is 1. The minimum absolute atomic E-state index is 0.110. The second-order valence-electron chi connectivity index (χ2n) is 7.19. The lowest BCUT2D eigenvalue weighted by atomic mass is 9.83. The third-order valence-electron chi connectivity index (χ3n) is 4.98. The largest absolute Gasteiger partial charge is 0.492 e. The Bertz CT molecular complexity index is 650. The average Bonchev–Trinajstić information content (AvgIpc) is 2.78. The fourth-order valence-electron chi connectivity index (χ4n) is 3.39. The summed E-state index contributed by atoms with van der Waals surface area (Å²) in [7, 11) is 3.48. The van der Waals surface area contributed by atoms with Crippen LogP contribution in [-0.2, 0) is 6.54 Å². The van der Waals surface area contributed by atoms with Crippen LogP contribution in [0.1, 0.15) is 5.56 Å². The number of nitrogens with zero attached hydrogens (tertiary/aromatic N) is 3. The zero-order chi connectivity index (χ0) is 18.8. The van der Waals surface area contributed by atoms with Crippen LogP contribution in [-0.4, -0.2) is 86.2 Å². The number of rotatable bonds is 5. The van der Waals surface area contributed by atoms with Crippen molar-refractivity contribution in [3.05, 3.63) is 21.9 Å². The van der Waals surface area contributed by atoms with E-state index in [1.165, 1.54) is 0 Å². The molecule has 1 saturated heterocycles. The topological polar surface area (TPSA) is 48.4 Å². The zero-order valence-corrected chi connectivity index (χ0v) is 17.1. The van der Waals surface area contributed by atoms with Gasteiger partial charge in [0.25, 0.3) is 0 Å². The molecule has 0 saturated carbocycles. The first kappa shape index (κ1) is 19.9. The van der Waals surface area contributed by atoms with E-state index in [0.29, 0.717) is 36.5 Å². The highest BCUT2D eigenvalue weighted by molar-refractivity contribution is 9.10. The summed E-state index contributed by atoms with van der Waals surface area (Å²) in [4.78, 5) is 6.34. The minimum atomic E-state index is -0.487. The van der Waals surface area contributed by atoms with E-state index in [4.69, 9.17) is 9.47 Å². The maximum Gasteiger partial charge on any atom is 0.376 e. The van der Waals surface area contributed by atoms with Crippen molar-refractivity contribution in [2.75, 3.05) is 53.5 Å². The molecule has 9 heteroatoms. The Balaban J connectivity index is 1.83. The lowest BCUT2D eigenvalue weighted by Gasteiger charge is -2.40. The van der Waals surface area contributed by atoms with Gasteiger partial charge in [0.15, 0.2) is 11.6 Å². The molecule has 0 aliphatic carbocycles. The Morgan fingerprint density at radius 2 is 2.23 bits per heavy atom. The molecule has 3 rings (SSSR count). The summed E-state index contributed by atoms with van der Waals surface area (Å²) in [6, 6.07) is 1.80. The normalized spacial score (nSPS) is 21.0. The monoisotopic (exact) mass is 429 g/mol. The maximum atomic E-state index is 14.7. The number of halogens is 2. The third kappa shape index (κ3) is 4.34. The molecule has 0 bridgehead atoms. The van der Waals surface area contributed by atoms with Crippen molar-refractivity contribution in [2.24, 2.45) is 0 Å². The van der Waals surface area contributed by atoms with Crippen LogP contribution in [0.25, 0.3) is 0 Å². The molecule has 0 radical (unpaired) electrons. The van der Waals surface area contributed by atoms with Gasteiger partial charge in [-0.05, 0) is 42.9 Å². The number of ether oxygens (including phenoxy) is 2. The molecule has 2 heterocycles. The lowest BCUT2D eigenvalue weighted by Crippen LogP contribution is -2.57. The molecule has 2 aliphatic rings. The smallest absolute Gasteiger partial charge is 0.376 e. The van der Waals surface area contributed by atoms with E-state index in [1.807, 2.05) is 23.8 Å². The van der Waals surface area contributed by atoms with E-state index >= 15 is 0 Å². The van der Waals surface area contributed by atoms with Crippen molar-refractivity contribution < 1.29 is 18.9 Å². The van der Waals surface area contributed by atoms with Gasteiger partial charge >= 0.3 is 7.05 Å². The van der Waals surface area contributed by atoms with Gasteiger partial charge in [-0.3, -0.25) is 4.90 Å². The third-order valence-corrected chi connectivity index (χ3v) is 5.56. The SMILES string of the molecule is CB(O)N1CCN2Cc3c(OCCN(C)C)cc(Br)c(F)c3OC[C@H]2C1. The molecule has 0 unspecified atom stereocenters. The van der Waals surface area contributed by atoms with Crippen LogP contribution in [0.5, 0.6) is 11.5 Å². The van der Waals surface area contributed by atoms with Crippen LogP contribution in [0.2, 0.25) is 6.82 Å². The van der Waals surface area contributed by atoms with E-state index in [9.17, 15) is 9.41 Å². The van der Waals surface area contributed by atoms with Crippen molar-refractivity contribution in [1.29, 1.82) is 0 Å². The quantitative estimate of drug-likeness (QED) is 0.716. The Morgan fingerprint density at radius 1 is 1.46 bits per heavy atom. The van der Waals surface area contributed by atoms with Gasteiger partial charge in [0.05, 0.1) is 16.1 Å². The number of likely N-dealkylation sites (N-methyl/N-ethyl adjacent to an activating group) is 1. The van der Waals surface area contributed by atoms with Crippen molar-refractivity contribution in [3.8, 4) is 11.5 Å². The zero-order valence-electron chi connectivity index (χ0n) is 15.5. The lowest BCUT2D eigenvalue weighted by molar-refractivity contribution is 0.0777. The molecule has 1 fully saturated rings. The number of hydrogen-bond donors (Lipinski definition) is 1. The van der Waals surface area contributed by atoms with Gasteiger partial charge in [0.1, 0.15) is 19.0 Å². The van der Waals surface area contributed by atoms with Gasteiger partial charge in [-0.1, -0.05) is 0 Å². The van der Waals surface area contributed by atoms with Crippen LogP contribution in [0.15, 0.2) is 10.5 Å². The molecule has 0 amide bonds. The second kappa shape index (κ2) is 8.43. The van der Waals surface area contributed by atoms with E-state index < -0.39 is 7.05 Å². The number of benzene rings is 1. The first-order valence-corrected chi connectivity index (χ1v) is 9.73. The summed E-state index contributed by atoms with van der Waals surface area (Å²) in [5.41, 5.74) is 0.762. The second-order valence-corrected chi connectivity index (χ2v) is 8.05. The van der Waals surface area contributed by atoms with Gasteiger partial charge < -0.3 is 24.2 Å². The van der Waals surface area contributed by atoms with Crippen molar-refractivity contribution >= 4 is 23.0 Å². The van der Waals surface area contributed by atoms with E-state index in [0.717, 1.165) is 25.2 Å². The molecule has 144 valence electrons. The predicted octanol–water partition coefficient (Wildman–Crippen LogP) is 1.52. The van der Waals surface area contributed by atoms with Gasteiger partial charge in [-0.15, -0.1) is 0 Å². The van der Waals surface area contributed by atoms with Crippen LogP contribution in [0.4, 0.5) is 4.39 Å². The van der Waals surface area contributed by atoms with Crippen LogP contribution in [0.3, 0.4) is 0 Å². The minimum Gasteiger partial charge on any atom is -0.492 e. The Morgan fingerprint density at radius 3 is 2.92 bits per heavy atom. The Labute approximate surface area is 163 Å². The fraction of sp³-hybridized carbons (Fsp3) is 0.647. The summed E-state index contributed by atoms with van der Waals surface area (Å²) in [5, 5.41) is 9.85. The van der Waals surface area contributed by atoms with Crippen LogP contribution >= 0.6 is 15.9 Å². The Hall–Kier alpha value is -0.865. The summed E-state index contributed by atoms with van der Waals surface area (Å²) in [6.45, 7) is 6.32. The number of hydrogen-bond acceptors (Lipinski definition) is 6. The van der Waals surface area contributed by atoms with Crippen LogP contribution in [0, 0.1) is 5.82 Å². The van der Waals surface area contributed by atoms with Gasteiger partial charge in [0, 0.05) is 32.7 Å². The molecule has 2 aliphatic heterocycles. The molecule has 26 heavy (non-hydrogen) atoms. The molecule has 1 aromatic rings. The molecule has 1 aromatic carbocycles. The first-order chi connectivity index (χ1) is 12.4. The standard InChI is InChI=1S/C17H26BBrFN3O3/c1-18(24)23-5-4-22-10-13-15(25-7-6-21(2)3)8-14(19)16(20)17(13)26-11-12(22)9-23/h8,12,24H,4-7,9-11H2,1-3H3/t12-/m1/s1. The summed E-state index contributed by atoms with van der Waals surface area (Å²) in [6.07, 6.45) is 0. The van der Waals surface area contributed by atoms with Crippen molar-refractivity contribution in [3.63, 3.8) is 0 Å². The molecule has 0 spiro atoms. The van der Waals surface area contributed by atoms with E-state index in [2.05, 4.69) is 20.8 Å². The van der Waals surface area contributed by atoms with Crippen LogP contribution < -0.4 is 9.47 Å². The predicted molar refractivity (Wildman–Crippen MR) is 103 cm³/mol. The van der Waals surface area contributed by atoms with E-state index in [1.54, 1.807) is 12.9 Å². The summed E-state index contributed by atoms with van der Waals surface area (Å²) in [5.74, 6) is 0.554. The molecular formula is C17H26BBrFN3O3. The summed E-state index contributed by atoms with van der Waals surface area (Å²) < 4.78 is 26.9. The Kier molecular flexibility index (Phi) is 6.45. The molecule has 6 nitrogen and oxygen atoms in total. The first-order valence-electron chi connectivity index (χ1n) is 8.94. The van der Waals surface area contributed by atoms with Gasteiger partial charge in [0.2, 0.25) is 0 Å². The molecular weight excluding hydrogens is 404 g/mol. The maximum absolute atomic E-state index is 14.7. The molecule has 1 N–H and O–H groups in total. The fourth-order valence-corrected chi connectivity index (χ4v) is 3.78. The highest BCUT2D eigenvalue weighted by atomic mass is 79.9. The summed E-state index contributed by atoms with van der Waals surface area (Å²) >= 11 is 3.28. The van der Waals surface area contributed by atoms with Crippen molar-refractivity contribution in [1.82, 2.24) is 14.6 Å². The van der Waals surface area contributed by atoms with Gasteiger partial charge in [-0.2, -0.15) is 0 Å². The highest BCUT2D eigenvalue weighted by Gasteiger charge is 2.35. The van der Waals surface area contributed by atoms with E-state index in [-0.39, 0.29) is 17.6 Å². The van der Waals surface area contributed by atoms with Crippen molar-refractivity contribution in [2.45, 2.75) is 19.4 Å². The number of fused-ring (bicyclic) bond motifs is 2. The molecule has 0 aromatic heterocycles. The van der Waals surface area contributed by atoms with Gasteiger partial charge in [-0.25, -0.2) is 4.39 Å². The molecule has 1 atom stereocenters.